The van der Waals surface area contributed by atoms with Crippen LogP contribution in [0.2, 0.25) is 5.02 Å². The second kappa shape index (κ2) is 14.2. The first-order chi connectivity index (χ1) is 16.3. The molecule has 1 aromatic carbocycles. The molecular weight excluding hydrogens is 446 g/mol. The summed E-state index contributed by atoms with van der Waals surface area (Å²) in [6.07, 6.45) is 5.84. The van der Waals surface area contributed by atoms with Crippen molar-refractivity contribution in [1.29, 1.82) is 0 Å². The molecule has 34 heavy (non-hydrogen) atoms. The average Bonchev–Trinajstić information content (AvgIpc) is 3.24. The highest BCUT2D eigenvalue weighted by molar-refractivity contribution is 6.31. The van der Waals surface area contributed by atoms with Crippen LogP contribution >= 0.6 is 11.6 Å². The molecule has 5 nitrogen and oxygen atoms in total. The van der Waals surface area contributed by atoms with Crippen LogP contribution in [0.15, 0.2) is 42.6 Å². The summed E-state index contributed by atoms with van der Waals surface area (Å²) in [7, 11) is 0. The van der Waals surface area contributed by atoms with Gasteiger partial charge in [-0.2, -0.15) is 0 Å². The van der Waals surface area contributed by atoms with E-state index in [0.717, 1.165) is 42.0 Å². The Hall–Kier alpha value is -2.27. The topological polar surface area (TPSA) is 45.6 Å². The van der Waals surface area contributed by atoms with Gasteiger partial charge in [-0.3, -0.25) is 9.59 Å². The maximum absolute atomic E-state index is 13.4. The third-order valence-electron chi connectivity index (χ3n) is 6.28. The molecule has 6 heteroatoms. The summed E-state index contributed by atoms with van der Waals surface area (Å²) in [4.78, 5) is 30.2. The minimum absolute atomic E-state index is 0.000242. The molecule has 0 aliphatic rings. The number of rotatable bonds is 14. The van der Waals surface area contributed by atoms with E-state index >= 15 is 0 Å². The molecule has 1 aromatic heterocycles. The highest BCUT2D eigenvalue weighted by Crippen LogP contribution is 2.19. The SMILES string of the molecule is CCCCC(CC)C(=O)N(CC)CC(=O)N(Cc1cccn1Cc1ccccc1Cl)CC(C)C. The van der Waals surface area contributed by atoms with Gasteiger partial charge in [0.2, 0.25) is 11.8 Å². The maximum atomic E-state index is 13.4. The average molecular weight is 488 g/mol. The molecule has 2 rings (SSSR count). The Labute approximate surface area is 211 Å². The molecule has 0 fully saturated rings. The van der Waals surface area contributed by atoms with Gasteiger partial charge in [0.25, 0.3) is 0 Å². The molecule has 1 heterocycles. The molecule has 0 spiro atoms. The van der Waals surface area contributed by atoms with Crippen molar-refractivity contribution in [2.45, 2.75) is 73.4 Å². The van der Waals surface area contributed by atoms with E-state index in [9.17, 15) is 9.59 Å². The van der Waals surface area contributed by atoms with E-state index in [1.54, 1.807) is 4.90 Å². The molecule has 0 aliphatic heterocycles. The fraction of sp³-hybridized carbons (Fsp3) is 0.571. The summed E-state index contributed by atoms with van der Waals surface area (Å²) >= 11 is 6.38. The van der Waals surface area contributed by atoms with Crippen LogP contribution in [0.25, 0.3) is 0 Å². The number of hydrogen-bond acceptors (Lipinski definition) is 2. The van der Waals surface area contributed by atoms with Crippen molar-refractivity contribution < 1.29 is 9.59 Å². The fourth-order valence-electron chi connectivity index (χ4n) is 4.27. The molecule has 0 saturated carbocycles. The predicted molar refractivity (Wildman–Crippen MR) is 141 cm³/mol. The Kier molecular flexibility index (Phi) is 11.7. The number of hydrogen-bond donors (Lipinski definition) is 0. The van der Waals surface area contributed by atoms with Crippen LogP contribution in [0.1, 0.15) is 71.6 Å². The van der Waals surface area contributed by atoms with E-state index < -0.39 is 0 Å². The van der Waals surface area contributed by atoms with Crippen molar-refractivity contribution in [2.75, 3.05) is 19.6 Å². The van der Waals surface area contributed by atoms with E-state index in [1.165, 1.54) is 0 Å². The lowest BCUT2D eigenvalue weighted by atomic mass is 9.97. The summed E-state index contributed by atoms with van der Waals surface area (Å²) in [5.41, 5.74) is 2.10. The normalized spacial score (nSPS) is 12.1. The lowest BCUT2D eigenvalue weighted by molar-refractivity contribution is -0.143. The standard InChI is InChI=1S/C28H42ClN3O2/c1-6-9-13-23(7-2)28(34)30(8-3)21-27(33)32(18-22(4)5)20-25-15-12-17-31(25)19-24-14-10-11-16-26(24)29/h10-12,14-17,22-23H,6-9,13,18-21H2,1-5H3. The predicted octanol–water partition coefficient (Wildman–Crippen LogP) is 6.24. The second-order valence-electron chi connectivity index (χ2n) is 9.49. The van der Waals surface area contributed by atoms with Crippen molar-refractivity contribution in [2.24, 2.45) is 11.8 Å². The molecule has 2 aromatic rings. The number of benzene rings is 1. The van der Waals surface area contributed by atoms with Crippen LogP contribution in [-0.4, -0.2) is 45.8 Å². The van der Waals surface area contributed by atoms with E-state index in [1.807, 2.05) is 48.4 Å². The van der Waals surface area contributed by atoms with Crippen molar-refractivity contribution >= 4 is 23.4 Å². The largest absolute Gasteiger partial charge is 0.345 e. The van der Waals surface area contributed by atoms with Crippen molar-refractivity contribution in [1.82, 2.24) is 14.4 Å². The van der Waals surface area contributed by atoms with Crippen LogP contribution in [0.4, 0.5) is 0 Å². The Morgan fingerprint density at radius 1 is 1.03 bits per heavy atom. The molecule has 1 unspecified atom stereocenters. The Bertz CT molecular complexity index is 909. The van der Waals surface area contributed by atoms with Gasteiger partial charge in [0.1, 0.15) is 0 Å². The number of unbranched alkanes of at least 4 members (excludes halogenated alkanes) is 1. The first kappa shape index (κ1) is 28.0. The zero-order valence-corrected chi connectivity index (χ0v) is 22.4. The number of halogens is 1. The number of nitrogens with zero attached hydrogens (tertiary/aromatic N) is 3. The maximum Gasteiger partial charge on any atom is 0.242 e. The minimum Gasteiger partial charge on any atom is -0.345 e. The van der Waals surface area contributed by atoms with E-state index in [2.05, 4.69) is 38.3 Å². The Morgan fingerprint density at radius 2 is 1.76 bits per heavy atom. The van der Waals surface area contributed by atoms with Gasteiger partial charge < -0.3 is 14.4 Å². The summed E-state index contributed by atoms with van der Waals surface area (Å²) in [6, 6.07) is 11.9. The number of carbonyl (C=O) groups excluding carboxylic acids is 2. The van der Waals surface area contributed by atoms with E-state index in [-0.39, 0.29) is 24.3 Å². The molecule has 0 saturated heterocycles. The van der Waals surface area contributed by atoms with Gasteiger partial charge in [0.05, 0.1) is 13.1 Å². The summed E-state index contributed by atoms with van der Waals surface area (Å²) in [6.45, 7) is 12.9. The number of amides is 2. The second-order valence-corrected chi connectivity index (χ2v) is 9.89. The zero-order chi connectivity index (χ0) is 25.1. The quantitative estimate of drug-likeness (QED) is 0.316. The molecule has 188 valence electrons. The molecule has 2 amide bonds. The summed E-state index contributed by atoms with van der Waals surface area (Å²) in [5.74, 6) is 0.437. The fourth-order valence-corrected chi connectivity index (χ4v) is 4.46. The van der Waals surface area contributed by atoms with Gasteiger partial charge in [0.15, 0.2) is 0 Å². The van der Waals surface area contributed by atoms with Gasteiger partial charge in [0, 0.05) is 42.5 Å². The first-order valence-electron chi connectivity index (χ1n) is 12.7. The van der Waals surface area contributed by atoms with Crippen LogP contribution in [0, 0.1) is 11.8 Å². The molecule has 0 N–H and O–H groups in total. The molecule has 0 aliphatic carbocycles. The number of likely N-dealkylation sites (N-methyl/N-ethyl adjacent to an activating group) is 1. The Morgan fingerprint density at radius 3 is 2.38 bits per heavy atom. The third kappa shape index (κ3) is 8.19. The van der Waals surface area contributed by atoms with Crippen LogP contribution in [0.5, 0.6) is 0 Å². The molecular formula is C28H42ClN3O2. The van der Waals surface area contributed by atoms with Crippen LogP contribution < -0.4 is 0 Å². The highest BCUT2D eigenvalue weighted by Gasteiger charge is 2.26. The van der Waals surface area contributed by atoms with Gasteiger partial charge in [-0.15, -0.1) is 0 Å². The summed E-state index contributed by atoms with van der Waals surface area (Å²) in [5, 5.41) is 0.739. The number of aromatic nitrogens is 1. The molecule has 0 radical (unpaired) electrons. The molecule has 1 atom stereocenters. The highest BCUT2D eigenvalue weighted by atomic mass is 35.5. The minimum atomic E-state index is -0.000832. The van der Waals surface area contributed by atoms with Crippen LogP contribution in [0.3, 0.4) is 0 Å². The van der Waals surface area contributed by atoms with Gasteiger partial charge in [-0.1, -0.05) is 70.3 Å². The zero-order valence-electron chi connectivity index (χ0n) is 21.6. The van der Waals surface area contributed by atoms with E-state index in [0.29, 0.717) is 32.1 Å². The van der Waals surface area contributed by atoms with E-state index in [4.69, 9.17) is 11.6 Å². The summed E-state index contributed by atoms with van der Waals surface area (Å²) < 4.78 is 2.14. The van der Waals surface area contributed by atoms with Gasteiger partial charge >= 0.3 is 0 Å². The van der Waals surface area contributed by atoms with Gasteiger partial charge in [-0.25, -0.2) is 0 Å². The monoisotopic (exact) mass is 487 g/mol. The van der Waals surface area contributed by atoms with Gasteiger partial charge in [-0.05, 0) is 49.4 Å². The third-order valence-corrected chi connectivity index (χ3v) is 6.65. The smallest absolute Gasteiger partial charge is 0.242 e. The van der Waals surface area contributed by atoms with Crippen LogP contribution in [-0.2, 0) is 22.7 Å². The van der Waals surface area contributed by atoms with Crippen molar-refractivity contribution in [3.05, 3.63) is 58.9 Å². The Balaban J connectivity index is 2.15. The lowest BCUT2D eigenvalue weighted by Gasteiger charge is -2.30. The first-order valence-corrected chi connectivity index (χ1v) is 13.1. The molecule has 0 bridgehead atoms. The van der Waals surface area contributed by atoms with Crippen molar-refractivity contribution in [3.8, 4) is 0 Å². The van der Waals surface area contributed by atoms with Crippen molar-refractivity contribution in [3.63, 3.8) is 0 Å². The number of carbonyl (C=O) groups is 2. The lowest BCUT2D eigenvalue weighted by Crippen LogP contribution is -2.45.